The molecule has 31 heavy (non-hydrogen) atoms. The first kappa shape index (κ1) is 22.5. The van der Waals surface area contributed by atoms with Crippen LogP contribution in [0.25, 0.3) is 0 Å². The molecule has 0 saturated carbocycles. The van der Waals surface area contributed by atoms with E-state index < -0.39 is 5.97 Å². The first-order valence-corrected chi connectivity index (χ1v) is 10.3. The van der Waals surface area contributed by atoms with E-state index in [0.29, 0.717) is 29.2 Å². The summed E-state index contributed by atoms with van der Waals surface area (Å²) >= 11 is 6.17. The van der Waals surface area contributed by atoms with Crippen molar-refractivity contribution in [3.8, 4) is 0 Å². The number of ether oxygens (including phenoxy) is 1. The lowest BCUT2D eigenvalue weighted by atomic mass is 10.0. The monoisotopic (exact) mass is 437 g/mol. The lowest BCUT2D eigenvalue weighted by molar-refractivity contribution is -0.115. The van der Waals surface area contributed by atoms with Crippen molar-refractivity contribution in [2.75, 3.05) is 18.6 Å². The van der Waals surface area contributed by atoms with Crippen LogP contribution in [0.1, 0.15) is 34.0 Å². The lowest BCUT2D eigenvalue weighted by Crippen LogP contribution is -2.25. The number of hydrogen-bond donors (Lipinski definition) is 1. The molecule has 1 N–H and O–H groups in total. The van der Waals surface area contributed by atoms with E-state index in [1.807, 2.05) is 48.5 Å². The fraction of sp³-hybridized carbons (Fsp3) is 0.200. The average molecular weight is 438 g/mol. The van der Waals surface area contributed by atoms with Crippen molar-refractivity contribution >= 4 is 34.9 Å². The summed E-state index contributed by atoms with van der Waals surface area (Å²) in [5.74, 6) is -0.796. The second kappa shape index (κ2) is 10.2. The Hall–Kier alpha value is -3.15. The van der Waals surface area contributed by atoms with Gasteiger partial charge in [0.25, 0.3) is 0 Å². The normalized spacial score (nSPS) is 10.6. The molecule has 0 saturated heterocycles. The van der Waals surface area contributed by atoms with E-state index in [4.69, 9.17) is 21.4 Å². The Kier molecular flexibility index (Phi) is 7.45. The number of benzene rings is 3. The van der Waals surface area contributed by atoms with Crippen molar-refractivity contribution in [2.24, 2.45) is 0 Å². The molecule has 0 heterocycles. The molecule has 0 fully saturated rings. The molecule has 0 unspecified atom stereocenters. The molecule has 3 aromatic rings. The molecule has 0 aliphatic carbocycles. The number of hydrogen-bond acceptors (Lipinski definition) is 4. The van der Waals surface area contributed by atoms with Gasteiger partial charge in [-0.15, -0.1) is 0 Å². The van der Waals surface area contributed by atoms with Crippen LogP contribution in [-0.2, 0) is 22.4 Å². The zero-order chi connectivity index (χ0) is 22.4. The molecule has 1 amide bonds. The number of esters is 1. The number of aliphatic hydroxyl groups excluding tert-OH is 1. The summed E-state index contributed by atoms with van der Waals surface area (Å²) < 4.78 is 4.88. The number of aliphatic hydroxyl groups is 1. The molecule has 5 nitrogen and oxygen atoms in total. The Morgan fingerprint density at radius 1 is 0.968 bits per heavy atom. The maximum Gasteiger partial charge on any atom is 0.339 e. The third-order valence-corrected chi connectivity index (χ3v) is 5.16. The molecule has 0 aromatic heterocycles. The van der Waals surface area contributed by atoms with Gasteiger partial charge in [0, 0.05) is 24.2 Å². The Balaban J connectivity index is 1.96. The molecule has 0 bridgehead atoms. The van der Waals surface area contributed by atoms with E-state index in [2.05, 4.69) is 0 Å². The van der Waals surface area contributed by atoms with E-state index >= 15 is 0 Å². The van der Waals surface area contributed by atoms with E-state index in [0.717, 1.165) is 16.7 Å². The van der Waals surface area contributed by atoms with Crippen LogP contribution < -0.4 is 4.90 Å². The molecule has 0 aliphatic heterocycles. The number of rotatable bonds is 7. The molecule has 3 rings (SSSR count). The fourth-order valence-electron chi connectivity index (χ4n) is 3.46. The van der Waals surface area contributed by atoms with Crippen LogP contribution in [0.3, 0.4) is 0 Å². The predicted octanol–water partition coefficient (Wildman–Crippen LogP) is 4.94. The van der Waals surface area contributed by atoms with Crippen molar-refractivity contribution in [1.29, 1.82) is 0 Å². The van der Waals surface area contributed by atoms with Crippen LogP contribution in [0, 0.1) is 0 Å². The standard InChI is InChI=1S/C25H24ClNO4/c1-17(29)27(24-16-21(26)10-11-23(24)25(30)31-2)22-5-3-4-20(15-22)14-19-8-6-18(7-9-19)12-13-28/h3-11,15-16,28H,12-14H2,1-2H3. The molecule has 3 aromatic carbocycles. The van der Waals surface area contributed by atoms with Crippen LogP contribution in [0.2, 0.25) is 5.02 Å². The summed E-state index contributed by atoms with van der Waals surface area (Å²) in [4.78, 5) is 26.3. The Bertz CT molecular complexity index is 1080. The van der Waals surface area contributed by atoms with E-state index in [-0.39, 0.29) is 18.1 Å². The number of carbonyl (C=O) groups is 2. The zero-order valence-corrected chi connectivity index (χ0v) is 18.2. The van der Waals surface area contributed by atoms with Gasteiger partial charge in [0.1, 0.15) is 0 Å². The van der Waals surface area contributed by atoms with Gasteiger partial charge in [0.05, 0.1) is 18.4 Å². The van der Waals surface area contributed by atoms with Crippen LogP contribution in [0.15, 0.2) is 66.7 Å². The minimum absolute atomic E-state index is 0.124. The Labute approximate surface area is 186 Å². The predicted molar refractivity (Wildman–Crippen MR) is 122 cm³/mol. The highest BCUT2D eigenvalue weighted by Gasteiger charge is 2.22. The third kappa shape index (κ3) is 5.51. The second-order valence-corrected chi connectivity index (χ2v) is 7.58. The van der Waals surface area contributed by atoms with Gasteiger partial charge in [-0.2, -0.15) is 0 Å². The summed E-state index contributed by atoms with van der Waals surface area (Å²) in [6, 6.07) is 20.4. The van der Waals surface area contributed by atoms with Gasteiger partial charge < -0.3 is 9.84 Å². The van der Waals surface area contributed by atoms with E-state index in [1.54, 1.807) is 18.2 Å². The molecule has 160 valence electrons. The van der Waals surface area contributed by atoms with Crippen molar-refractivity contribution in [3.63, 3.8) is 0 Å². The minimum Gasteiger partial charge on any atom is -0.465 e. The van der Waals surface area contributed by atoms with E-state index in [1.165, 1.54) is 18.9 Å². The molecular weight excluding hydrogens is 414 g/mol. The first-order chi connectivity index (χ1) is 14.9. The summed E-state index contributed by atoms with van der Waals surface area (Å²) in [6.45, 7) is 1.56. The molecule has 0 spiro atoms. The van der Waals surface area contributed by atoms with Gasteiger partial charge in [-0.1, -0.05) is 48.0 Å². The number of nitrogens with zero attached hydrogens (tertiary/aromatic N) is 1. The second-order valence-electron chi connectivity index (χ2n) is 7.14. The van der Waals surface area contributed by atoms with Gasteiger partial charge in [0.2, 0.25) is 5.91 Å². The van der Waals surface area contributed by atoms with Crippen molar-refractivity contribution in [3.05, 3.63) is 94.0 Å². The van der Waals surface area contributed by atoms with Crippen LogP contribution in [0.4, 0.5) is 11.4 Å². The number of anilines is 2. The highest BCUT2D eigenvalue weighted by atomic mass is 35.5. The average Bonchev–Trinajstić information content (AvgIpc) is 2.75. The lowest BCUT2D eigenvalue weighted by Gasteiger charge is -2.24. The first-order valence-electron chi connectivity index (χ1n) is 9.89. The number of amides is 1. The summed E-state index contributed by atoms with van der Waals surface area (Å²) in [5, 5.41) is 9.47. The quantitative estimate of drug-likeness (QED) is 0.532. The molecule has 6 heteroatoms. The van der Waals surface area contributed by atoms with E-state index in [9.17, 15) is 9.59 Å². The maximum atomic E-state index is 12.6. The zero-order valence-electron chi connectivity index (χ0n) is 17.5. The summed E-state index contributed by atoms with van der Waals surface area (Å²) in [6.07, 6.45) is 1.31. The van der Waals surface area contributed by atoms with Crippen LogP contribution in [-0.4, -0.2) is 30.7 Å². The third-order valence-electron chi connectivity index (χ3n) is 4.92. The van der Waals surface area contributed by atoms with Gasteiger partial charge in [-0.25, -0.2) is 4.79 Å². The largest absolute Gasteiger partial charge is 0.465 e. The fourth-order valence-corrected chi connectivity index (χ4v) is 3.62. The van der Waals surface area contributed by atoms with Crippen LogP contribution in [0.5, 0.6) is 0 Å². The molecule has 0 atom stereocenters. The Morgan fingerprint density at radius 2 is 1.68 bits per heavy atom. The van der Waals surface area contributed by atoms with Gasteiger partial charge in [-0.05, 0) is 59.9 Å². The van der Waals surface area contributed by atoms with Crippen molar-refractivity contribution in [1.82, 2.24) is 0 Å². The Morgan fingerprint density at radius 3 is 2.32 bits per heavy atom. The van der Waals surface area contributed by atoms with Gasteiger partial charge in [-0.3, -0.25) is 9.69 Å². The topological polar surface area (TPSA) is 66.8 Å². The summed E-state index contributed by atoms with van der Waals surface area (Å²) in [5.41, 5.74) is 4.48. The van der Waals surface area contributed by atoms with Crippen molar-refractivity contribution < 1.29 is 19.4 Å². The number of halogens is 1. The molecule has 0 radical (unpaired) electrons. The van der Waals surface area contributed by atoms with Gasteiger partial charge in [0.15, 0.2) is 0 Å². The van der Waals surface area contributed by atoms with Crippen molar-refractivity contribution in [2.45, 2.75) is 19.8 Å². The number of methoxy groups -OCH3 is 1. The highest BCUT2D eigenvalue weighted by Crippen LogP contribution is 2.32. The minimum atomic E-state index is -0.544. The molecular formula is C25H24ClNO4. The maximum absolute atomic E-state index is 12.6. The summed E-state index contributed by atoms with van der Waals surface area (Å²) in [7, 11) is 1.30. The highest BCUT2D eigenvalue weighted by molar-refractivity contribution is 6.31. The smallest absolute Gasteiger partial charge is 0.339 e. The number of carbonyl (C=O) groups excluding carboxylic acids is 2. The SMILES string of the molecule is COC(=O)c1ccc(Cl)cc1N(C(C)=O)c1cccc(Cc2ccc(CCO)cc2)c1. The van der Waals surface area contributed by atoms with Gasteiger partial charge >= 0.3 is 5.97 Å². The molecule has 0 aliphatic rings. The van der Waals surface area contributed by atoms with Crippen LogP contribution >= 0.6 is 11.6 Å².